The van der Waals surface area contributed by atoms with Crippen LogP contribution in [0.1, 0.15) is 17.5 Å². The zero-order valence-corrected chi connectivity index (χ0v) is 9.14. The molecule has 14 heavy (non-hydrogen) atoms. The van der Waals surface area contributed by atoms with Crippen molar-refractivity contribution in [3.05, 3.63) is 47.5 Å². The van der Waals surface area contributed by atoms with Gasteiger partial charge in [0.25, 0.3) is 0 Å². The fraction of sp³-hybridized carbons (Fsp3) is 0.385. The number of benzene rings is 1. The van der Waals surface area contributed by atoms with Crippen LogP contribution in [0.2, 0.25) is 0 Å². The third kappa shape index (κ3) is 3.75. The van der Waals surface area contributed by atoms with Gasteiger partial charge in [-0.15, -0.1) is 0 Å². The van der Waals surface area contributed by atoms with Crippen molar-refractivity contribution in [2.24, 2.45) is 0 Å². The van der Waals surface area contributed by atoms with E-state index in [1.165, 1.54) is 16.7 Å². The number of aryl methyl sites for hydroxylation is 1. The van der Waals surface area contributed by atoms with Crippen LogP contribution in [-0.2, 0) is 6.42 Å². The van der Waals surface area contributed by atoms with E-state index in [1.807, 2.05) is 7.05 Å². The first-order chi connectivity index (χ1) is 6.72. The molecule has 0 atom stereocenters. The van der Waals surface area contributed by atoms with Crippen LogP contribution in [-0.4, -0.2) is 13.6 Å². The third-order valence-corrected chi connectivity index (χ3v) is 2.27. The fourth-order valence-electron chi connectivity index (χ4n) is 1.50. The fourth-order valence-corrected chi connectivity index (χ4v) is 1.50. The first-order valence-electron chi connectivity index (χ1n) is 5.09. The molecule has 0 fully saturated rings. The van der Waals surface area contributed by atoms with Crippen LogP contribution < -0.4 is 5.32 Å². The molecule has 1 heteroatoms. The van der Waals surface area contributed by atoms with Crippen molar-refractivity contribution in [1.82, 2.24) is 5.32 Å². The summed E-state index contributed by atoms with van der Waals surface area (Å²) in [6, 6.07) is 8.62. The van der Waals surface area contributed by atoms with Gasteiger partial charge in [0.2, 0.25) is 0 Å². The van der Waals surface area contributed by atoms with Gasteiger partial charge in [-0.3, -0.25) is 0 Å². The lowest BCUT2D eigenvalue weighted by molar-refractivity contribution is 0.774. The average molecular weight is 189 g/mol. The smallest absolute Gasteiger partial charge is 0.00146 e. The summed E-state index contributed by atoms with van der Waals surface area (Å²) in [6.07, 6.45) is 2.06. The largest absolute Gasteiger partial charge is 0.319 e. The van der Waals surface area contributed by atoms with E-state index in [0.29, 0.717) is 0 Å². The molecular weight excluding hydrogens is 170 g/mol. The first-order valence-corrected chi connectivity index (χ1v) is 5.09. The molecule has 76 valence electrons. The predicted octanol–water partition coefficient (Wildman–Crippen LogP) is 2.70. The minimum Gasteiger partial charge on any atom is -0.319 e. The van der Waals surface area contributed by atoms with E-state index >= 15 is 0 Å². The first kappa shape index (κ1) is 11.0. The third-order valence-electron chi connectivity index (χ3n) is 2.27. The summed E-state index contributed by atoms with van der Waals surface area (Å²) < 4.78 is 0. The van der Waals surface area contributed by atoms with Crippen molar-refractivity contribution in [2.75, 3.05) is 13.6 Å². The van der Waals surface area contributed by atoms with Crippen molar-refractivity contribution in [1.29, 1.82) is 0 Å². The minimum atomic E-state index is 1.00. The van der Waals surface area contributed by atoms with Gasteiger partial charge in [-0.2, -0.15) is 0 Å². The summed E-state index contributed by atoms with van der Waals surface area (Å²) in [6.45, 7) is 7.22. The lowest BCUT2D eigenvalue weighted by Crippen LogP contribution is -2.08. The minimum absolute atomic E-state index is 1.00. The Balaban J connectivity index is 2.47. The molecule has 1 aromatic carbocycles. The Labute approximate surface area is 86.8 Å². The molecule has 0 amide bonds. The molecule has 0 bridgehead atoms. The van der Waals surface area contributed by atoms with Crippen LogP contribution in [0.15, 0.2) is 36.4 Å². The second kappa shape index (κ2) is 5.61. The van der Waals surface area contributed by atoms with E-state index in [9.17, 15) is 0 Å². The van der Waals surface area contributed by atoms with Crippen molar-refractivity contribution in [3.63, 3.8) is 0 Å². The Morgan fingerprint density at radius 2 is 2.21 bits per heavy atom. The predicted molar refractivity (Wildman–Crippen MR) is 62.6 cm³/mol. The molecule has 0 radical (unpaired) electrons. The Hall–Kier alpha value is -1.08. The molecule has 1 aromatic rings. The standard InChI is InChI=1S/C13H19N/c1-11-5-4-6-13(9-11)10-12(2)7-8-14-3/h4-6,9,14H,2,7-8,10H2,1,3H3. The molecular formula is C13H19N. The Kier molecular flexibility index (Phi) is 4.41. The summed E-state index contributed by atoms with van der Waals surface area (Å²) in [4.78, 5) is 0. The second-order valence-corrected chi connectivity index (χ2v) is 3.77. The molecule has 0 aliphatic carbocycles. The van der Waals surface area contributed by atoms with Gasteiger partial charge < -0.3 is 5.32 Å². The summed E-state index contributed by atoms with van der Waals surface area (Å²) in [5.74, 6) is 0. The molecule has 0 aromatic heterocycles. The van der Waals surface area contributed by atoms with Crippen molar-refractivity contribution in [3.8, 4) is 0 Å². The van der Waals surface area contributed by atoms with Gasteiger partial charge in [0.05, 0.1) is 0 Å². The molecule has 0 saturated heterocycles. The highest BCUT2D eigenvalue weighted by Gasteiger charge is 1.97. The molecule has 0 unspecified atom stereocenters. The Bertz CT molecular complexity index is 302. The topological polar surface area (TPSA) is 12.0 Å². The monoisotopic (exact) mass is 189 g/mol. The maximum atomic E-state index is 4.08. The van der Waals surface area contributed by atoms with Gasteiger partial charge in [-0.25, -0.2) is 0 Å². The highest BCUT2D eigenvalue weighted by Crippen LogP contribution is 2.10. The molecule has 1 nitrogen and oxygen atoms in total. The van der Waals surface area contributed by atoms with Crippen molar-refractivity contribution < 1.29 is 0 Å². The molecule has 1 N–H and O–H groups in total. The number of nitrogens with one attached hydrogen (secondary N) is 1. The Morgan fingerprint density at radius 3 is 2.86 bits per heavy atom. The van der Waals surface area contributed by atoms with Gasteiger partial charge in [-0.1, -0.05) is 42.0 Å². The van der Waals surface area contributed by atoms with E-state index in [0.717, 1.165) is 19.4 Å². The lowest BCUT2D eigenvalue weighted by atomic mass is 10.0. The van der Waals surface area contributed by atoms with E-state index in [-0.39, 0.29) is 0 Å². The van der Waals surface area contributed by atoms with E-state index in [1.54, 1.807) is 0 Å². The van der Waals surface area contributed by atoms with E-state index in [4.69, 9.17) is 0 Å². The molecule has 0 saturated carbocycles. The lowest BCUT2D eigenvalue weighted by Gasteiger charge is -2.06. The molecule has 0 aliphatic heterocycles. The van der Waals surface area contributed by atoms with Crippen LogP contribution in [0.4, 0.5) is 0 Å². The van der Waals surface area contributed by atoms with Crippen LogP contribution in [0.5, 0.6) is 0 Å². The van der Waals surface area contributed by atoms with Gasteiger partial charge in [-0.05, 0) is 38.9 Å². The molecule has 0 heterocycles. The summed E-state index contributed by atoms with van der Waals surface area (Å²) in [7, 11) is 1.97. The van der Waals surface area contributed by atoms with E-state index in [2.05, 4.69) is 43.1 Å². The van der Waals surface area contributed by atoms with Gasteiger partial charge in [0.15, 0.2) is 0 Å². The Morgan fingerprint density at radius 1 is 1.43 bits per heavy atom. The number of rotatable bonds is 5. The average Bonchev–Trinajstić information content (AvgIpc) is 2.15. The normalized spacial score (nSPS) is 10.1. The van der Waals surface area contributed by atoms with Crippen LogP contribution in [0.3, 0.4) is 0 Å². The van der Waals surface area contributed by atoms with Crippen LogP contribution >= 0.6 is 0 Å². The second-order valence-electron chi connectivity index (χ2n) is 3.77. The van der Waals surface area contributed by atoms with Crippen molar-refractivity contribution >= 4 is 0 Å². The van der Waals surface area contributed by atoms with Gasteiger partial charge >= 0.3 is 0 Å². The maximum Gasteiger partial charge on any atom is -0.00146 e. The summed E-state index contributed by atoms with van der Waals surface area (Å²) in [5.41, 5.74) is 3.99. The molecule has 0 spiro atoms. The zero-order valence-electron chi connectivity index (χ0n) is 9.14. The van der Waals surface area contributed by atoms with E-state index < -0.39 is 0 Å². The van der Waals surface area contributed by atoms with Gasteiger partial charge in [0.1, 0.15) is 0 Å². The zero-order chi connectivity index (χ0) is 10.4. The molecule has 0 aliphatic rings. The summed E-state index contributed by atoms with van der Waals surface area (Å²) in [5, 5.41) is 3.13. The number of hydrogen-bond donors (Lipinski definition) is 1. The highest BCUT2D eigenvalue weighted by atomic mass is 14.8. The summed E-state index contributed by atoms with van der Waals surface area (Å²) >= 11 is 0. The van der Waals surface area contributed by atoms with Crippen LogP contribution in [0, 0.1) is 6.92 Å². The highest BCUT2D eigenvalue weighted by molar-refractivity contribution is 5.25. The quantitative estimate of drug-likeness (QED) is 0.702. The maximum absolute atomic E-state index is 4.08. The SMILES string of the molecule is C=C(CCNC)Cc1cccc(C)c1. The molecule has 1 rings (SSSR count). The number of hydrogen-bond acceptors (Lipinski definition) is 1. The van der Waals surface area contributed by atoms with Gasteiger partial charge in [0, 0.05) is 0 Å². The van der Waals surface area contributed by atoms with Crippen LogP contribution in [0.25, 0.3) is 0 Å². The van der Waals surface area contributed by atoms with Crippen molar-refractivity contribution in [2.45, 2.75) is 19.8 Å².